The van der Waals surface area contributed by atoms with Gasteiger partial charge >= 0.3 is 0 Å². The van der Waals surface area contributed by atoms with Gasteiger partial charge in [0.05, 0.1) is 0 Å². The number of rotatable bonds is 4. The standard InChI is InChI=1S/C8H14N2O2S2/c1-6(2)10-14(11,12)8-7(5-9)3-4-13-8/h3-4,6,10H,5,9H2,1-2H3. The molecule has 3 N–H and O–H groups in total. The molecule has 0 unspecified atom stereocenters. The zero-order chi connectivity index (χ0) is 10.8. The highest BCUT2D eigenvalue weighted by molar-refractivity contribution is 7.91. The molecule has 1 aromatic rings. The van der Waals surface area contributed by atoms with E-state index in [1.165, 1.54) is 11.3 Å². The van der Waals surface area contributed by atoms with E-state index in [1.54, 1.807) is 25.3 Å². The van der Waals surface area contributed by atoms with E-state index in [1.807, 2.05) is 0 Å². The van der Waals surface area contributed by atoms with Crippen molar-refractivity contribution in [1.82, 2.24) is 4.72 Å². The maximum Gasteiger partial charge on any atom is 0.250 e. The molecule has 6 heteroatoms. The van der Waals surface area contributed by atoms with Crippen LogP contribution in [0.2, 0.25) is 0 Å². The third-order valence-electron chi connectivity index (χ3n) is 1.56. The first-order chi connectivity index (χ1) is 6.47. The van der Waals surface area contributed by atoms with Crippen LogP contribution in [0.4, 0.5) is 0 Å². The van der Waals surface area contributed by atoms with Crippen molar-refractivity contribution in [2.24, 2.45) is 5.73 Å². The fourth-order valence-corrected chi connectivity index (χ4v) is 3.77. The van der Waals surface area contributed by atoms with Gasteiger partial charge in [-0.2, -0.15) is 0 Å². The van der Waals surface area contributed by atoms with Gasteiger partial charge in [-0.1, -0.05) is 0 Å². The van der Waals surface area contributed by atoms with Crippen molar-refractivity contribution in [3.8, 4) is 0 Å². The molecule has 0 spiro atoms. The van der Waals surface area contributed by atoms with Gasteiger partial charge in [-0.3, -0.25) is 0 Å². The summed E-state index contributed by atoms with van der Waals surface area (Å²) in [6, 6.07) is 1.63. The highest BCUT2D eigenvalue weighted by Gasteiger charge is 2.19. The van der Waals surface area contributed by atoms with Crippen LogP contribution in [-0.4, -0.2) is 14.5 Å². The van der Waals surface area contributed by atoms with Crippen molar-refractivity contribution in [2.75, 3.05) is 0 Å². The summed E-state index contributed by atoms with van der Waals surface area (Å²) in [6.45, 7) is 3.82. The van der Waals surface area contributed by atoms with Crippen LogP contribution in [0, 0.1) is 0 Å². The van der Waals surface area contributed by atoms with Gasteiger partial charge in [-0.25, -0.2) is 13.1 Å². The summed E-state index contributed by atoms with van der Waals surface area (Å²) in [7, 11) is -3.37. The Morgan fingerprint density at radius 1 is 1.57 bits per heavy atom. The lowest BCUT2D eigenvalue weighted by Gasteiger charge is -2.08. The molecule has 0 atom stereocenters. The topological polar surface area (TPSA) is 72.2 Å². The SMILES string of the molecule is CC(C)NS(=O)(=O)c1sccc1CN. The van der Waals surface area contributed by atoms with Crippen molar-refractivity contribution < 1.29 is 8.42 Å². The van der Waals surface area contributed by atoms with E-state index in [0.717, 1.165) is 0 Å². The van der Waals surface area contributed by atoms with Gasteiger partial charge in [0.15, 0.2) is 0 Å². The van der Waals surface area contributed by atoms with Gasteiger partial charge in [0, 0.05) is 12.6 Å². The summed E-state index contributed by atoms with van der Waals surface area (Å²) in [5, 5.41) is 1.73. The predicted octanol–water partition coefficient (Wildman–Crippen LogP) is 0.894. The van der Waals surface area contributed by atoms with Crippen LogP contribution in [-0.2, 0) is 16.6 Å². The minimum Gasteiger partial charge on any atom is -0.326 e. The lowest BCUT2D eigenvalue weighted by atomic mass is 10.3. The van der Waals surface area contributed by atoms with Crippen molar-refractivity contribution in [1.29, 1.82) is 0 Å². The molecule has 0 fully saturated rings. The quantitative estimate of drug-likeness (QED) is 0.812. The normalized spacial score (nSPS) is 12.3. The Labute approximate surface area is 88.2 Å². The second-order valence-electron chi connectivity index (χ2n) is 3.21. The molecule has 80 valence electrons. The lowest BCUT2D eigenvalue weighted by molar-refractivity contribution is 0.571. The van der Waals surface area contributed by atoms with Gasteiger partial charge in [-0.15, -0.1) is 11.3 Å². The lowest BCUT2D eigenvalue weighted by Crippen LogP contribution is -2.30. The Kier molecular flexibility index (Phi) is 3.65. The average Bonchev–Trinajstić information content (AvgIpc) is 2.48. The van der Waals surface area contributed by atoms with Crippen LogP contribution in [0.3, 0.4) is 0 Å². The van der Waals surface area contributed by atoms with E-state index in [0.29, 0.717) is 9.77 Å². The molecule has 0 aliphatic heterocycles. The Balaban J connectivity index is 3.04. The molecular weight excluding hydrogens is 220 g/mol. The summed E-state index contributed by atoms with van der Waals surface area (Å²) < 4.78 is 26.3. The maximum absolute atomic E-state index is 11.7. The monoisotopic (exact) mass is 234 g/mol. The molecule has 1 aromatic heterocycles. The molecule has 0 saturated heterocycles. The summed E-state index contributed by atoms with van der Waals surface area (Å²) in [6.07, 6.45) is 0. The van der Waals surface area contributed by atoms with Crippen LogP contribution in [0.15, 0.2) is 15.7 Å². The van der Waals surface area contributed by atoms with Crippen LogP contribution >= 0.6 is 11.3 Å². The summed E-state index contributed by atoms with van der Waals surface area (Å²) in [5.41, 5.74) is 6.11. The molecule has 0 aromatic carbocycles. The Morgan fingerprint density at radius 3 is 2.71 bits per heavy atom. The van der Waals surface area contributed by atoms with Crippen LogP contribution in [0.1, 0.15) is 19.4 Å². The Morgan fingerprint density at radius 2 is 2.21 bits per heavy atom. The predicted molar refractivity (Wildman–Crippen MR) is 57.7 cm³/mol. The number of nitrogens with two attached hydrogens (primary N) is 1. The van der Waals surface area contributed by atoms with E-state index in [2.05, 4.69) is 4.72 Å². The Bertz CT molecular complexity index is 395. The first kappa shape index (κ1) is 11.6. The van der Waals surface area contributed by atoms with Gasteiger partial charge in [0.2, 0.25) is 0 Å². The van der Waals surface area contributed by atoms with E-state index in [9.17, 15) is 8.42 Å². The molecular formula is C8H14N2O2S2. The van der Waals surface area contributed by atoms with Gasteiger partial charge < -0.3 is 5.73 Å². The van der Waals surface area contributed by atoms with Gasteiger partial charge in [0.25, 0.3) is 10.0 Å². The maximum atomic E-state index is 11.7. The van der Waals surface area contributed by atoms with Crippen molar-refractivity contribution >= 4 is 21.4 Å². The number of hydrogen-bond acceptors (Lipinski definition) is 4. The molecule has 0 aliphatic carbocycles. The Hall–Kier alpha value is -0.430. The fraction of sp³-hybridized carbons (Fsp3) is 0.500. The highest BCUT2D eigenvalue weighted by atomic mass is 32.2. The number of sulfonamides is 1. The average molecular weight is 234 g/mol. The van der Waals surface area contributed by atoms with Gasteiger partial charge in [-0.05, 0) is 30.9 Å². The molecule has 4 nitrogen and oxygen atoms in total. The highest BCUT2D eigenvalue weighted by Crippen LogP contribution is 2.22. The minimum atomic E-state index is -3.37. The van der Waals surface area contributed by atoms with Crippen molar-refractivity contribution in [3.63, 3.8) is 0 Å². The van der Waals surface area contributed by atoms with E-state index < -0.39 is 10.0 Å². The molecule has 1 heterocycles. The smallest absolute Gasteiger partial charge is 0.250 e. The first-order valence-corrected chi connectivity index (χ1v) is 6.62. The van der Waals surface area contributed by atoms with Crippen LogP contribution < -0.4 is 10.5 Å². The fourth-order valence-electron chi connectivity index (χ4n) is 1.07. The van der Waals surface area contributed by atoms with E-state index in [4.69, 9.17) is 5.73 Å². The van der Waals surface area contributed by atoms with E-state index >= 15 is 0 Å². The molecule has 0 aliphatic rings. The van der Waals surface area contributed by atoms with Crippen molar-refractivity contribution in [3.05, 3.63) is 17.0 Å². The van der Waals surface area contributed by atoms with E-state index in [-0.39, 0.29) is 12.6 Å². The number of thiophene rings is 1. The third-order valence-corrected chi connectivity index (χ3v) is 4.79. The minimum absolute atomic E-state index is 0.104. The molecule has 0 amide bonds. The second-order valence-corrected chi connectivity index (χ2v) is 6.04. The molecule has 0 saturated carbocycles. The van der Waals surface area contributed by atoms with Gasteiger partial charge in [0.1, 0.15) is 4.21 Å². The summed E-state index contributed by atoms with van der Waals surface area (Å²) in [4.78, 5) is 0. The van der Waals surface area contributed by atoms with Crippen LogP contribution in [0.25, 0.3) is 0 Å². The molecule has 1 rings (SSSR count). The summed E-state index contributed by atoms with van der Waals surface area (Å²) in [5.74, 6) is 0. The third kappa shape index (κ3) is 2.54. The zero-order valence-corrected chi connectivity index (χ0v) is 9.78. The second kappa shape index (κ2) is 4.39. The number of hydrogen-bond donors (Lipinski definition) is 2. The largest absolute Gasteiger partial charge is 0.326 e. The number of nitrogens with one attached hydrogen (secondary N) is 1. The molecule has 0 bridgehead atoms. The first-order valence-electron chi connectivity index (χ1n) is 4.26. The summed E-state index contributed by atoms with van der Waals surface area (Å²) >= 11 is 1.19. The van der Waals surface area contributed by atoms with Crippen molar-refractivity contribution in [2.45, 2.75) is 30.6 Å². The molecule has 14 heavy (non-hydrogen) atoms. The van der Waals surface area contributed by atoms with Crippen LogP contribution in [0.5, 0.6) is 0 Å². The molecule has 0 radical (unpaired) electrons. The zero-order valence-electron chi connectivity index (χ0n) is 8.15.